The lowest BCUT2D eigenvalue weighted by Crippen LogP contribution is -2.15. The Kier molecular flexibility index (Phi) is 8.24. The third-order valence-corrected chi connectivity index (χ3v) is 6.03. The minimum atomic E-state index is -2.26. The molecule has 2 unspecified atom stereocenters. The van der Waals surface area contributed by atoms with Crippen LogP contribution < -0.4 is 0 Å². The number of halogens is 1. The Hall–Kier alpha value is -3.17. The number of carbonyl (C=O) groups is 1. The number of hydrogen-bond acceptors (Lipinski definition) is 5. The number of hydrogen-bond donors (Lipinski definition) is 2. The van der Waals surface area contributed by atoms with E-state index in [4.69, 9.17) is 14.6 Å². The van der Waals surface area contributed by atoms with Gasteiger partial charge in [-0.25, -0.2) is 9.37 Å². The zero-order chi connectivity index (χ0) is 24.0. The highest BCUT2D eigenvalue weighted by molar-refractivity contribution is 7.39. The number of aliphatic hydroxyl groups is 1. The van der Waals surface area contributed by atoms with Crippen LogP contribution in [-0.4, -0.2) is 40.0 Å². The van der Waals surface area contributed by atoms with Crippen LogP contribution in [0.1, 0.15) is 37.3 Å². The maximum absolute atomic E-state index is 13.5. The van der Waals surface area contributed by atoms with Gasteiger partial charge >= 0.3 is 14.0 Å². The molecule has 1 aromatic heterocycles. The summed E-state index contributed by atoms with van der Waals surface area (Å²) < 4.78 is 30.7. The molecule has 0 aliphatic carbocycles. The fourth-order valence-corrected chi connectivity index (χ4v) is 4.29. The Morgan fingerprint density at radius 2 is 1.88 bits per heavy atom. The molecule has 0 saturated heterocycles. The van der Waals surface area contributed by atoms with Gasteiger partial charge in [0.15, 0.2) is 6.61 Å². The number of aliphatic carboxylic acids is 1. The van der Waals surface area contributed by atoms with Gasteiger partial charge in [0.1, 0.15) is 11.9 Å². The van der Waals surface area contributed by atoms with Gasteiger partial charge in [0.05, 0.1) is 23.2 Å². The van der Waals surface area contributed by atoms with E-state index in [9.17, 15) is 18.9 Å². The number of fused-ring (bicyclic) bond motifs is 1. The van der Waals surface area contributed by atoms with Crippen LogP contribution in [0.3, 0.4) is 0 Å². The third kappa shape index (κ3) is 6.43. The summed E-state index contributed by atoms with van der Waals surface area (Å²) in [6.07, 6.45) is -2.03. The van der Waals surface area contributed by atoms with Crippen LogP contribution in [0.15, 0.2) is 48.5 Å². The molecule has 3 aromatic rings. The van der Waals surface area contributed by atoms with Gasteiger partial charge in [0.2, 0.25) is 6.16 Å². The van der Waals surface area contributed by atoms with Crippen molar-refractivity contribution in [1.82, 2.24) is 4.98 Å². The minimum absolute atomic E-state index is 0.116. The van der Waals surface area contributed by atoms with Crippen molar-refractivity contribution < 1.29 is 28.5 Å². The van der Waals surface area contributed by atoms with Crippen LogP contribution in [0, 0.1) is 17.7 Å². The van der Waals surface area contributed by atoms with Gasteiger partial charge in [-0.1, -0.05) is 43.9 Å². The summed E-state index contributed by atoms with van der Waals surface area (Å²) in [7, 11) is -2.26. The molecule has 2 aromatic carbocycles. The number of aliphatic hydroxyl groups excluding tert-OH is 1. The van der Waals surface area contributed by atoms with Gasteiger partial charge in [0.25, 0.3) is 0 Å². The number of benzene rings is 2. The van der Waals surface area contributed by atoms with E-state index in [2.05, 4.69) is 25.7 Å². The van der Waals surface area contributed by atoms with Crippen molar-refractivity contribution in [3.63, 3.8) is 0 Å². The number of para-hydroxylation sites is 1. The Bertz CT molecular complexity index is 1230. The molecule has 1 heterocycles. The highest BCUT2D eigenvalue weighted by Crippen LogP contribution is 2.34. The second-order valence-corrected chi connectivity index (χ2v) is 9.06. The quantitative estimate of drug-likeness (QED) is 0.352. The number of pyridine rings is 1. The van der Waals surface area contributed by atoms with Gasteiger partial charge in [-0.2, -0.15) is 0 Å². The molecule has 6 nitrogen and oxygen atoms in total. The first-order valence-corrected chi connectivity index (χ1v) is 11.8. The second kappa shape index (κ2) is 11.1. The molecule has 0 radical (unpaired) electrons. The standard InChI is InChI=1S/C25H23FNO5P/c1-16(2)24-20-6-3-4-8-22(20)27-25(17-9-11-18(26)12-10-17)21(24)7-5-13-32-33(31)15-19(28)14-23(29)30/h3-4,6,8-12,16,19,28H,13-15H2,1-2H3/p+1. The monoisotopic (exact) mass is 468 g/mol. The van der Waals surface area contributed by atoms with Crippen molar-refractivity contribution in [2.75, 3.05) is 12.8 Å². The summed E-state index contributed by atoms with van der Waals surface area (Å²) in [6.45, 7) is 3.94. The second-order valence-electron chi connectivity index (χ2n) is 7.77. The average molecular weight is 468 g/mol. The summed E-state index contributed by atoms with van der Waals surface area (Å²) >= 11 is 0. The Morgan fingerprint density at radius 3 is 2.55 bits per heavy atom. The molecule has 33 heavy (non-hydrogen) atoms. The van der Waals surface area contributed by atoms with Crippen LogP contribution in [-0.2, 0) is 13.9 Å². The van der Waals surface area contributed by atoms with Crippen molar-refractivity contribution in [2.24, 2.45) is 0 Å². The smallest absolute Gasteiger partial charge is 0.481 e. The van der Waals surface area contributed by atoms with Gasteiger partial charge in [-0.05, 0) is 46.4 Å². The van der Waals surface area contributed by atoms with Gasteiger partial charge < -0.3 is 10.2 Å². The van der Waals surface area contributed by atoms with Crippen LogP contribution in [0.2, 0.25) is 0 Å². The number of nitrogens with zero attached hydrogens (tertiary/aromatic N) is 1. The maximum atomic E-state index is 13.5. The Labute approximate surface area is 192 Å². The molecule has 0 aliphatic rings. The summed E-state index contributed by atoms with van der Waals surface area (Å²) in [5, 5.41) is 19.2. The molecule has 170 valence electrons. The van der Waals surface area contributed by atoms with E-state index in [0.29, 0.717) is 11.3 Å². The summed E-state index contributed by atoms with van der Waals surface area (Å²) in [6, 6.07) is 13.8. The molecule has 3 rings (SSSR count). The normalized spacial score (nSPS) is 12.3. The van der Waals surface area contributed by atoms with Gasteiger partial charge in [-0.15, -0.1) is 4.52 Å². The predicted octanol–water partition coefficient (Wildman–Crippen LogP) is 5.11. The molecule has 2 N–H and O–H groups in total. The van der Waals surface area contributed by atoms with Crippen LogP contribution in [0.4, 0.5) is 4.39 Å². The molecule has 0 saturated carbocycles. The fraction of sp³-hybridized carbons (Fsp3) is 0.280. The molecule has 0 aliphatic heterocycles. The summed E-state index contributed by atoms with van der Waals surface area (Å²) in [4.78, 5) is 15.4. The topological polar surface area (TPSA) is 96.7 Å². The van der Waals surface area contributed by atoms with Crippen LogP contribution in [0.5, 0.6) is 0 Å². The molecular formula is C25H24FNO5P+. The van der Waals surface area contributed by atoms with Crippen LogP contribution >= 0.6 is 8.03 Å². The molecule has 0 bridgehead atoms. The molecule has 0 fully saturated rings. The van der Waals surface area contributed by atoms with E-state index in [0.717, 1.165) is 22.0 Å². The summed E-state index contributed by atoms with van der Waals surface area (Å²) in [5.74, 6) is 4.54. The van der Waals surface area contributed by atoms with E-state index in [1.54, 1.807) is 12.1 Å². The SMILES string of the molecule is CC(C)c1c(C#CCO[P+](=O)CC(O)CC(=O)O)c(-c2ccc(F)cc2)nc2ccccc12. The fourth-order valence-electron chi connectivity index (χ4n) is 3.50. The predicted molar refractivity (Wildman–Crippen MR) is 125 cm³/mol. The van der Waals surface area contributed by atoms with Crippen molar-refractivity contribution in [3.05, 3.63) is 65.5 Å². The Morgan fingerprint density at radius 1 is 1.18 bits per heavy atom. The van der Waals surface area contributed by atoms with E-state index in [1.165, 1.54) is 12.1 Å². The first kappa shape index (κ1) is 24.5. The van der Waals surface area contributed by atoms with E-state index >= 15 is 0 Å². The molecular weight excluding hydrogens is 444 g/mol. The lowest BCUT2D eigenvalue weighted by molar-refractivity contribution is -0.138. The maximum Gasteiger partial charge on any atom is 0.511 e. The lowest BCUT2D eigenvalue weighted by Gasteiger charge is -2.16. The zero-order valence-corrected chi connectivity index (χ0v) is 19.2. The highest BCUT2D eigenvalue weighted by Gasteiger charge is 2.25. The molecule has 0 spiro atoms. The van der Waals surface area contributed by atoms with Crippen molar-refractivity contribution in [3.8, 4) is 23.1 Å². The van der Waals surface area contributed by atoms with Crippen molar-refractivity contribution in [1.29, 1.82) is 0 Å². The number of carboxylic acid groups (broad SMARTS) is 1. The largest absolute Gasteiger partial charge is 0.511 e. The molecule has 8 heteroatoms. The van der Waals surface area contributed by atoms with Crippen molar-refractivity contribution >= 4 is 24.9 Å². The van der Waals surface area contributed by atoms with Gasteiger partial charge in [-0.3, -0.25) is 4.79 Å². The van der Waals surface area contributed by atoms with E-state index in [-0.39, 0.29) is 24.5 Å². The lowest BCUT2D eigenvalue weighted by atomic mass is 9.90. The Balaban J connectivity index is 1.95. The zero-order valence-electron chi connectivity index (χ0n) is 18.3. The number of carboxylic acids is 1. The molecule has 0 amide bonds. The number of rotatable bonds is 8. The average Bonchev–Trinajstić information content (AvgIpc) is 2.75. The van der Waals surface area contributed by atoms with E-state index < -0.39 is 26.5 Å². The first-order valence-electron chi connectivity index (χ1n) is 10.4. The highest BCUT2D eigenvalue weighted by atomic mass is 31.1. The molecule has 2 atom stereocenters. The van der Waals surface area contributed by atoms with E-state index in [1.807, 2.05) is 24.3 Å². The first-order chi connectivity index (χ1) is 15.8. The summed E-state index contributed by atoms with van der Waals surface area (Å²) in [5.41, 5.74) is 3.81. The third-order valence-electron chi connectivity index (χ3n) is 4.89. The number of aromatic nitrogens is 1. The van der Waals surface area contributed by atoms with Crippen molar-refractivity contribution in [2.45, 2.75) is 32.3 Å². The van der Waals surface area contributed by atoms with Crippen LogP contribution in [0.25, 0.3) is 22.2 Å². The van der Waals surface area contributed by atoms with Gasteiger partial charge in [0, 0.05) is 10.9 Å². The minimum Gasteiger partial charge on any atom is -0.481 e.